The first kappa shape index (κ1) is 31.4. The highest BCUT2D eigenvalue weighted by Crippen LogP contribution is 2.59. The van der Waals surface area contributed by atoms with Crippen molar-refractivity contribution in [1.82, 2.24) is 10.2 Å². The van der Waals surface area contributed by atoms with Crippen LogP contribution in [0.1, 0.15) is 80.2 Å². The summed E-state index contributed by atoms with van der Waals surface area (Å²) in [7, 11) is 0. The van der Waals surface area contributed by atoms with E-state index in [1.807, 2.05) is 25.7 Å². The summed E-state index contributed by atoms with van der Waals surface area (Å²) in [5.41, 5.74) is 0.260. The number of likely N-dealkylation sites (tertiary alicyclic amines) is 1. The normalized spacial score (nSPS) is 22.8. The number of carbonyl (C=O) groups excluding carboxylic acids is 3. The molecule has 10 heteroatoms. The van der Waals surface area contributed by atoms with E-state index in [1.165, 1.54) is 12.1 Å². The largest absolute Gasteiger partial charge is 0.477 e. The van der Waals surface area contributed by atoms with Crippen LogP contribution in [0.4, 0.5) is 10.1 Å². The number of amides is 3. The Hall–Kier alpha value is -3.62. The number of nitrogens with one attached hydrogen (secondary N) is 2. The monoisotopic (exact) mass is 651 g/mol. The fraction of sp³-hybridized carbons (Fsp3) is 0.400. The highest BCUT2D eigenvalue weighted by atomic mass is 35.5. The Morgan fingerprint density at radius 3 is 2.40 bits per heavy atom. The van der Waals surface area contributed by atoms with Crippen molar-refractivity contribution in [2.45, 2.75) is 75.9 Å². The number of hydrogen-bond acceptors (Lipinski definition) is 4. The van der Waals surface area contributed by atoms with Crippen molar-refractivity contribution in [3.63, 3.8) is 0 Å². The third kappa shape index (κ3) is 5.16. The van der Waals surface area contributed by atoms with E-state index in [0.717, 1.165) is 12.8 Å². The molecule has 1 spiro atoms. The number of halogens is 3. The first-order valence-electron chi connectivity index (χ1n) is 15.5. The minimum absolute atomic E-state index is 0.0751. The first-order valence-corrected chi connectivity index (χ1v) is 16.2. The molecule has 2 N–H and O–H groups in total. The van der Waals surface area contributed by atoms with Gasteiger partial charge in [-0.15, -0.1) is 0 Å². The molecule has 3 aromatic rings. The maximum absolute atomic E-state index is 14.8. The number of fused-ring (bicyclic) bond motifs is 2. The Balaban J connectivity index is 1.58. The Labute approximate surface area is 272 Å². The van der Waals surface area contributed by atoms with E-state index in [2.05, 4.69) is 10.6 Å². The van der Waals surface area contributed by atoms with Crippen molar-refractivity contribution in [3.8, 4) is 5.75 Å². The number of carbonyl (C=O) groups is 3. The second-order valence-electron chi connectivity index (χ2n) is 12.3. The van der Waals surface area contributed by atoms with Crippen molar-refractivity contribution in [3.05, 3.63) is 92.7 Å². The van der Waals surface area contributed by atoms with Crippen LogP contribution >= 0.6 is 23.2 Å². The lowest BCUT2D eigenvalue weighted by atomic mass is 9.59. The maximum Gasteiger partial charge on any atom is 0.266 e. The predicted molar refractivity (Wildman–Crippen MR) is 172 cm³/mol. The lowest BCUT2D eigenvalue weighted by Gasteiger charge is -2.47. The van der Waals surface area contributed by atoms with Crippen LogP contribution in [0, 0.1) is 12.7 Å². The lowest BCUT2D eigenvalue weighted by Crippen LogP contribution is -2.57. The van der Waals surface area contributed by atoms with Crippen LogP contribution in [-0.2, 0) is 19.8 Å². The van der Waals surface area contributed by atoms with Crippen molar-refractivity contribution in [2.75, 3.05) is 18.4 Å². The summed E-state index contributed by atoms with van der Waals surface area (Å²) >= 11 is 13.0. The van der Waals surface area contributed by atoms with Crippen LogP contribution in [0.15, 0.2) is 54.6 Å². The summed E-state index contributed by atoms with van der Waals surface area (Å²) in [5.74, 6) is -1.67. The minimum Gasteiger partial charge on any atom is -0.477 e. The third-order valence-corrected chi connectivity index (χ3v) is 10.4. The summed E-state index contributed by atoms with van der Waals surface area (Å²) in [6.45, 7) is 7.03. The van der Waals surface area contributed by atoms with Crippen LogP contribution in [-0.4, -0.2) is 41.3 Å². The zero-order valence-electron chi connectivity index (χ0n) is 25.5. The first-order chi connectivity index (χ1) is 21.5. The van der Waals surface area contributed by atoms with Gasteiger partial charge < -0.3 is 20.3 Å². The molecule has 2 saturated heterocycles. The fourth-order valence-corrected chi connectivity index (χ4v) is 7.84. The Kier molecular flexibility index (Phi) is 8.33. The zero-order chi connectivity index (χ0) is 32.1. The van der Waals surface area contributed by atoms with Gasteiger partial charge in [-0.3, -0.25) is 14.4 Å². The molecule has 3 aliphatic heterocycles. The molecule has 0 unspecified atom stereocenters. The van der Waals surface area contributed by atoms with Gasteiger partial charge in [-0.25, -0.2) is 4.39 Å². The number of anilines is 1. The van der Waals surface area contributed by atoms with Crippen LogP contribution in [0.3, 0.4) is 0 Å². The Bertz CT molecular complexity index is 1690. The van der Waals surface area contributed by atoms with Crippen LogP contribution < -0.4 is 15.4 Å². The second kappa shape index (κ2) is 12.0. The SMILES string of the molecule is CCC(CC)(Oc1ccc(Cl)cc1[C@@H]1CC(=O)N[C@H](c2cc(F)ccc2C)[C@@]12C(=O)Nc1cc(Cl)ccc12)C(=O)N1CCCC1. The number of benzene rings is 3. The summed E-state index contributed by atoms with van der Waals surface area (Å²) in [6.07, 6.45) is 2.65. The summed E-state index contributed by atoms with van der Waals surface area (Å²) < 4.78 is 21.6. The Morgan fingerprint density at radius 2 is 1.69 bits per heavy atom. The topological polar surface area (TPSA) is 87.7 Å². The standard InChI is InChI=1S/C35H36Cl2FN3O4/c1-4-34(5-2,33(44)41-14-6-7-15-41)45-29-13-10-21(36)16-25(29)27-19-30(42)40-31(24-18-23(38)11-8-20(24)3)35(27)26-12-9-22(37)17-28(26)39-32(35)43/h8-13,16-18,27,31H,4-7,14-15,19H2,1-3H3,(H,39,43)(H,40,42)/t27-,31+,35-/m0/s1. The van der Waals surface area contributed by atoms with Crippen LogP contribution in [0.5, 0.6) is 5.75 Å². The van der Waals surface area contributed by atoms with Gasteiger partial charge in [-0.1, -0.05) is 49.2 Å². The smallest absolute Gasteiger partial charge is 0.266 e. The molecule has 3 heterocycles. The summed E-state index contributed by atoms with van der Waals surface area (Å²) in [6, 6.07) is 13.7. The van der Waals surface area contributed by atoms with Gasteiger partial charge in [0.2, 0.25) is 11.8 Å². The van der Waals surface area contributed by atoms with E-state index in [-0.39, 0.29) is 24.1 Å². The molecular formula is C35H36Cl2FN3O4. The molecule has 0 radical (unpaired) electrons. The second-order valence-corrected chi connectivity index (χ2v) is 13.1. The molecule has 3 amide bonds. The van der Waals surface area contributed by atoms with Gasteiger partial charge in [0, 0.05) is 46.7 Å². The predicted octanol–water partition coefficient (Wildman–Crippen LogP) is 7.24. The van der Waals surface area contributed by atoms with Gasteiger partial charge in [0.25, 0.3) is 5.91 Å². The van der Waals surface area contributed by atoms with Gasteiger partial charge >= 0.3 is 0 Å². The third-order valence-electron chi connectivity index (χ3n) is 9.88. The van der Waals surface area contributed by atoms with Crippen molar-refractivity contribution < 1.29 is 23.5 Å². The average molecular weight is 653 g/mol. The van der Waals surface area contributed by atoms with Crippen molar-refractivity contribution >= 4 is 46.6 Å². The van der Waals surface area contributed by atoms with Gasteiger partial charge in [0.15, 0.2) is 5.60 Å². The highest BCUT2D eigenvalue weighted by Gasteiger charge is 2.62. The van der Waals surface area contributed by atoms with Crippen molar-refractivity contribution in [2.24, 2.45) is 0 Å². The van der Waals surface area contributed by atoms with Gasteiger partial charge in [0.05, 0.1) is 6.04 Å². The Morgan fingerprint density at radius 1 is 1.00 bits per heavy atom. The molecule has 0 saturated carbocycles. The molecule has 3 atom stereocenters. The number of nitrogens with zero attached hydrogens (tertiary/aromatic N) is 1. The van der Waals surface area contributed by atoms with Gasteiger partial charge in [-0.05, 0) is 91.8 Å². The number of aryl methyl sites for hydroxylation is 1. The van der Waals surface area contributed by atoms with E-state index in [0.29, 0.717) is 69.7 Å². The van der Waals surface area contributed by atoms with Gasteiger partial charge in [0.1, 0.15) is 17.0 Å². The molecule has 6 rings (SSSR count). The number of rotatable bonds is 7. The molecule has 0 bridgehead atoms. The van der Waals surface area contributed by atoms with E-state index in [9.17, 15) is 18.8 Å². The summed E-state index contributed by atoms with van der Waals surface area (Å²) in [4.78, 5) is 44.0. The molecule has 2 fully saturated rings. The van der Waals surface area contributed by atoms with Crippen LogP contribution in [0.2, 0.25) is 10.0 Å². The van der Waals surface area contributed by atoms with E-state index >= 15 is 0 Å². The van der Waals surface area contributed by atoms with E-state index in [1.54, 1.807) is 42.5 Å². The molecule has 3 aliphatic rings. The maximum atomic E-state index is 14.8. The van der Waals surface area contributed by atoms with Crippen LogP contribution in [0.25, 0.3) is 0 Å². The molecule has 7 nitrogen and oxygen atoms in total. The zero-order valence-corrected chi connectivity index (χ0v) is 27.0. The minimum atomic E-state index is -1.44. The molecule has 236 valence electrons. The molecule has 0 aromatic heterocycles. The highest BCUT2D eigenvalue weighted by molar-refractivity contribution is 6.31. The summed E-state index contributed by atoms with van der Waals surface area (Å²) in [5, 5.41) is 6.87. The number of hydrogen-bond donors (Lipinski definition) is 2. The fourth-order valence-electron chi connectivity index (χ4n) is 7.49. The molecular weight excluding hydrogens is 616 g/mol. The average Bonchev–Trinajstić information content (AvgIpc) is 3.65. The van der Waals surface area contributed by atoms with E-state index in [4.69, 9.17) is 27.9 Å². The quantitative estimate of drug-likeness (QED) is 0.282. The van der Waals surface area contributed by atoms with Crippen molar-refractivity contribution in [1.29, 1.82) is 0 Å². The lowest BCUT2D eigenvalue weighted by molar-refractivity contribution is -0.148. The molecule has 45 heavy (non-hydrogen) atoms. The number of ether oxygens (including phenoxy) is 1. The van der Waals surface area contributed by atoms with E-state index < -0.39 is 28.8 Å². The number of piperidine rings is 1. The van der Waals surface area contributed by atoms with Gasteiger partial charge in [-0.2, -0.15) is 0 Å². The molecule has 0 aliphatic carbocycles. The molecule has 3 aromatic carbocycles.